The Morgan fingerprint density at radius 3 is 2.67 bits per heavy atom. The summed E-state index contributed by atoms with van der Waals surface area (Å²) in [7, 11) is 0. The van der Waals surface area contributed by atoms with Crippen molar-refractivity contribution in [3.63, 3.8) is 0 Å². The molecule has 0 spiro atoms. The number of nitrogens with one attached hydrogen (secondary N) is 1. The molecule has 0 bridgehead atoms. The molecule has 0 fully saturated rings. The smallest absolute Gasteiger partial charge is 0.152 e. The van der Waals surface area contributed by atoms with Crippen LogP contribution in [0.3, 0.4) is 0 Å². The number of pyridine rings is 1. The quantitative estimate of drug-likeness (QED) is 0.810. The van der Waals surface area contributed by atoms with E-state index in [0.29, 0.717) is 21.7 Å². The van der Waals surface area contributed by atoms with Gasteiger partial charge < -0.3 is 5.32 Å². The van der Waals surface area contributed by atoms with Gasteiger partial charge in [0.05, 0.1) is 15.7 Å². The van der Waals surface area contributed by atoms with Gasteiger partial charge in [-0.15, -0.1) is 0 Å². The highest BCUT2D eigenvalue weighted by atomic mass is 35.5. The van der Waals surface area contributed by atoms with Crippen molar-refractivity contribution in [1.82, 2.24) is 4.98 Å². The van der Waals surface area contributed by atoms with Crippen LogP contribution < -0.4 is 5.32 Å². The van der Waals surface area contributed by atoms with Gasteiger partial charge in [0.25, 0.3) is 0 Å². The summed E-state index contributed by atoms with van der Waals surface area (Å²) in [6.07, 6.45) is 1.68. The summed E-state index contributed by atoms with van der Waals surface area (Å²) in [5.41, 5.74) is 2.77. The van der Waals surface area contributed by atoms with Crippen molar-refractivity contribution in [3.05, 3.63) is 56.8 Å². The average molecular weight is 302 g/mol. The highest BCUT2D eigenvalue weighted by molar-refractivity contribution is 6.42. The molecule has 5 heteroatoms. The molecule has 1 aromatic heterocycles. The van der Waals surface area contributed by atoms with Crippen LogP contribution in [0, 0.1) is 6.92 Å². The van der Waals surface area contributed by atoms with E-state index in [-0.39, 0.29) is 0 Å². The van der Waals surface area contributed by atoms with Crippen molar-refractivity contribution in [2.75, 3.05) is 5.32 Å². The van der Waals surface area contributed by atoms with Gasteiger partial charge in [-0.25, -0.2) is 4.98 Å². The zero-order valence-corrected chi connectivity index (χ0v) is 11.9. The van der Waals surface area contributed by atoms with Gasteiger partial charge in [-0.05, 0) is 30.2 Å². The van der Waals surface area contributed by atoms with Gasteiger partial charge in [0.2, 0.25) is 0 Å². The first-order chi connectivity index (χ1) is 8.59. The molecule has 0 atom stereocenters. The molecular formula is C13H11Cl3N2. The summed E-state index contributed by atoms with van der Waals surface area (Å²) in [6.45, 7) is 2.51. The van der Waals surface area contributed by atoms with Crippen LogP contribution in [-0.4, -0.2) is 4.98 Å². The fraction of sp³-hybridized carbons (Fsp3) is 0.154. The van der Waals surface area contributed by atoms with Crippen molar-refractivity contribution in [3.8, 4) is 0 Å². The Bertz CT molecular complexity index is 550. The van der Waals surface area contributed by atoms with Crippen LogP contribution in [-0.2, 0) is 6.54 Å². The third-order valence-electron chi connectivity index (χ3n) is 2.60. The van der Waals surface area contributed by atoms with Crippen LogP contribution in [0.15, 0.2) is 30.5 Å². The second-order valence-electron chi connectivity index (χ2n) is 3.86. The third kappa shape index (κ3) is 2.89. The Kier molecular flexibility index (Phi) is 4.33. The average Bonchev–Trinajstić information content (AvgIpc) is 2.33. The molecule has 0 saturated heterocycles. The van der Waals surface area contributed by atoms with Gasteiger partial charge in [-0.3, -0.25) is 0 Å². The van der Waals surface area contributed by atoms with Crippen molar-refractivity contribution in [1.29, 1.82) is 0 Å². The van der Waals surface area contributed by atoms with Crippen molar-refractivity contribution in [2.45, 2.75) is 13.5 Å². The summed E-state index contributed by atoms with van der Waals surface area (Å²) >= 11 is 18.1. The molecule has 1 N–H and O–H groups in total. The Labute approximate surface area is 121 Å². The molecule has 0 saturated carbocycles. The maximum Gasteiger partial charge on any atom is 0.152 e. The number of halogens is 3. The maximum absolute atomic E-state index is 6.12. The lowest BCUT2D eigenvalue weighted by molar-refractivity contribution is 1.12. The lowest BCUT2D eigenvalue weighted by Gasteiger charge is -2.12. The topological polar surface area (TPSA) is 24.9 Å². The largest absolute Gasteiger partial charge is 0.378 e. The summed E-state index contributed by atoms with van der Waals surface area (Å²) in [5.74, 6) is 0. The molecule has 2 nitrogen and oxygen atoms in total. The Morgan fingerprint density at radius 1 is 1.17 bits per heavy atom. The standard InChI is InChI=1S/C13H11Cl3N2/c1-8-5-6-17-13(16)12(8)18-7-9-3-2-4-10(14)11(9)15/h2-6,18H,7H2,1H3. The van der Waals surface area contributed by atoms with Gasteiger partial charge in [0.1, 0.15) is 0 Å². The van der Waals surface area contributed by atoms with Crippen LogP contribution in [0.2, 0.25) is 15.2 Å². The molecule has 94 valence electrons. The van der Waals surface area contributed by atoms with Gasteiger partial charge in [-0.1, -0.05) is 46.9 Å². The van der Waals surface area contributed by atoms with E-state index in [0.717, 1.165) is 16.8 Å². The van der Waals surface area contributed by atoms with E-state index < -0.39 is 0 Å². The first-order valence-corrected chi connectivity index (χ1v) is 6.51. The second kappa shape index (κ2) is 5.79. The van der Waals surface area contributed by atoms with Crippen LogP contribution in [0.25, 0.3) is 0 Å². The number of hydrogen-bond acceptors (Lipinski definition) is 2. The van der Waals surface area contributed by atoms with E-state index in [2.05, 4.69) is 10.3 Å². The van der Waals surface area contributed by atoms with Crippen molar-refractivity contribution >= 4 is 40.5 Å². The van der Waals surface area contributed by atoms with Crippen LogP contribution in [0.4, 0.5) is 5.69 Å². The normalized spacial score (nSPS) is 10.4. The van der Waals surface area contributed by atoms with E-state index in [1.807, 2.05) is 25.1 Å². The molecule has 0 amide bonds. The Morgan fingerprint density at radius 2 is 1.94 bits per heavy atom. The molecule has 1 heterocycles. The Hall–Kier alpha value is -0.960. The molecule has 2 aromatic rings. The first-order valence-electron chi connectivity index (χ1n) is 5.37. The summed E-state index contributed by atoms with van der Waals surface area (Å²) in [6, 6.07) is 7.44. The van der Waals surface area contributed by atoms with E-state index in [1.54, 1.807) is 12.3 Å². The molecular weight excluding hydrogens is 291 g/mol. The van der Waals surface area contributed by atoms with E-state index in [1.165, 1.54) is 0 Å². The SMILES string of the molecule is Cc1ccnc(Cl)c1NCc1cccc(Cl)c1Cl. The highest BCUT2D eigenvalue weighted by Crippen LogP contribution is 2.28. The number of aromatic nitrogens is 1. The molecule has 0 unspecified atom stereocenters. The van der Waals surface area contributed by atoms with Crippen LogP contribution >= 0.6 is 34.8 Å². The molecule has 0 aliphatic heterocycles. The van der Waals surface area contributed by atoms with Gasteiger partial charge in [-0.2, -0.15) is 0 Å². The lowest BCUT2D eigenvalue weighted by Crippen LogP contribution is -2.03. The van der Waals surface area contributed by atoms with Gasteiger partial charge in [0.15, 0.2) is 5.15 Å². The molecule has 0 radical (unpaired) electrons. The first kappa shape index (κ1) is 13.5. The number of hydrogen-bond donors (Lipinski definition) is 1. The zero-order valence-electron chi connectivity index (χ0n) is 9.67. The molecule has 0 aliphatic rings. The maximum atomic E-state index is 6.12. The minimum absolute atomic E-state index is 0.452. The number of aryl methyl sites for hydroxylation is 1. The van der Waals surface area contributed by atoms with E-state index >= 15 is 0 Å². The predicted octanol–water partition coefficient (Wildman–Crippen LogP) is 4.96. The minimum Gasteiger partial charge on any atom is -0.378 e. The van der Waals surface area contributed by atoms with E-state index in [4.69, 9.17) is 34.8 Å². The lowest BCUT2D eigenvalue weighted by atomic mass is 10.2. The monoisotopic (exact) mass is 300 g/mol. The fourth-order valence-electron chi connectivity index (χ4n) is 1.61. The predicted molar refractivity (Wildman–Crippen MR) is 77.8 cm³/mol. The third-order valence-corrected chi connectivity index (χ3v) is 3.74. The Balaban J connectivity index is 2.19. The molecule has 1 aromatic carbocycles. The second-order valence-corrected chi connectivity index (χ2v) is 5.00. The fourth-order valence-corrected chi connectivity index (χ4v) is 2.27. The summed E-state index contributed by atoms with van der Waals surface area (Å²) in [5, 5.41) is 4.79. The molecule has 0 aliphatic carbocycles. The number of rotatable bonds is 3. The van der Waals surface area contributed by atoms with Gasteiger partial charge in [0, 0.05) is 12.7 Å². The number of nitrogens with zero attached hydrogens (tertiary/aromatic N) is 1. The molecule has 18 heavy (non-hydrogen) atoms. The number of benzene rings is 1. The van der Waals surface area contributed by atoms with Gasteiger partial charge >= 0.3 is 0 Å². The molecule has 2 rings (SSSR count). The summed E-state index contributed by atoms with van der Waals surface area (Å²) in [4.78, 5) is 4.04. The van der Waals surface area contributed by atoms with Crippen LogP contribution in [0.1, 0.15) is 11.1 Å². The number of anilines is 1. The minimum atomic E-state index is 0.452. The highest BCUT2D eigenvalue weighted by Gasteiger charge is 2.07. The summed E-state index contributed by atoms with van der Waals surface area (Å²) < 4.78 is 0. The van der Waals surface area contributed by atoms with Crippen LogP contribution in [0.5, 0.6) is 0 Å². The van der Waals surface area contributed by atoms with E-state index in [9.17, 15) is 0 Å². The zero-order chi connectivity index (χ0) is 13.1. The van der Waals surface area contributed by atoms with Crippen molar-refractivity contribution < 1.29 is 0 Å². The van der Waals surface area contributed by atoms with Crippen molar-refractivity contribution in [2.24, 2.45) is 0 Å².